The van der Waals surface area contributed by atoms with Crippen LogP contribution in [0.25, 0.3) is 0 Å². The lowest BCUT2D eigenvalue weighted by Crippen LogP contribution is -2.20. The number of hydrogen-bond acceptors (Lipinski definition) is 4. The molecule has 23 heavy (non-hydrogen) atoms. The van der Waals surface area contributed by atoms with Crippen molar-refractivity contribution in [3.8, 4) is 0 Å². The Kier molecular flexibility index (Phi) is 14.5. The van der Waals surface area contributed by atoms with Gasteiger partial charge < -0.3 is 19.5 Å². The van der Waals surface area contributed by atoms with Gasteiger partial charge in [-0.05, 0) is 18.3 Å². The van der Waals surface area contributed by atoms with Gasteiger partial charge >= 0.3 is 0 Å². The summed E-state index contributed by atoms with van der Waals surface area (Å²) in [5.41, 5.74) is 0.458. The second-order valence-electron chi connectivity index (χ2n) is 6.99. The molecule has 0 unspecified atom stereocenters. The van der Waals surface area contributed by atoms with E-state index < -0.39 is 0 Å². The zero-order chi connectivity index (χ0) is 17.4. The molecule has 0 heterocycles. The van der Waals surface area contributed by atoms with Crippen LogP contribution in [0.1, 0.15) is 59.3 Å². The van der Waals surface area contributed by atoms with Crippen molar-refractivity contribution in [2.24, 2.45) is 5.41 Å². The number of unbranched alkanes of at least 4 members (excludes halogenated alkanes) is 3. The average Bonchev–Trinajstić information content (AvgIpc) is 2.49. The van der Waals surface area contributed by atoms with E-state index in [0.717, 1.165) is 13.0 Å². The first-order valence-corrected chi connectivity index (χ1v) is 8.89. The summed E-state index contributed by atoms with van der Waals surface area (Å²) in [6.07, 6.45) is 6.68. The van der Waals surface area contributed by atoms with Crippen LogP contribution in [-0.4, -0.2) is 52.6 Å². The van der Waals surface area contributed by atoms with Crippen molar-refractivity contribution in [3.63, 3.8) is 0 Å². The minimum absolute atomic E-state index is 0.00211. The molecule has 0 atom stereocenters. The van der Waals surface area contributed by atoms with Gasteiger partial charge in [-0.1, -0.05) is 40.0 Å². The minimum Gasteiger partial charge on any atom is -0.379 e. The Morgan fingerprint density at radius 1 is 0.783 bits per heavy atom. The summed E-state index contributed by atoms with van der Waals surface area (Å²) in [4.78, 5) is 10.9. The van der Waals surface area contributed by atoms with E-state index in [1.807, 2.05) is 0 Å². The maximum absolute atomic E-state index is 10.9. The van der Waals surface area contributed by atoms with Crippen LogP contribution in [0.5, 0.6) is 0 Å². The summed E-state index contributed by atoms with van der Waals surface area (Å²) >= 11 is 0. The van der Waals surface area contributed by atoms with E-state index in [1.165, 1.54) is 25.7 Å². The lowest BCUT2D eigenvalue weighted by atomic mass is 9.89. The van der Waals surface area contributed by atoms with Crippen molar-refractivity contribution in [2.45, 2.75) is 59.3 Å². The van der Waals surface area contributed by atoms with Gasteiger partial charge in [-0.3, -0.25) is 4.79 Å². The lowest BCUT2D eigenvalue weighted by Gasteiger charge is -2.17. The van der Waals surface area contributed by atoms with Gasteiger partial charge in [0, 0.05) is 20.1 Å². The minimum atomic E-state index is -0.00211. The van der Waals surface area contributed by atoms with E-state index in [9.17, 15) is 4.79 Å². The molecule has 0 aromatic carbocycles. The number of nitrogens with one attached hydrogen (secondary N) is 1. The number of hydrogen-bond donors (Lipinski definition) is 1. The van der Waals surface area contributed by atoms with Crippen molar-refractivity contribution in [3.05, 3.63) is 0 Å². The molecule has 0 saturated carbocycles. The van der Waals surface area contributed by atoms with Crippen molar-refractivity contribution in [2.75, 3.05) is 46.7 Å². The maximum atomic E-state index is 10.9. The Hall–Kier alpha value is -0.650. The number of ether oxygens (including phenoxy) is 3. The highest BCUT2D eigenvalue weighted by Crippen LogP contribution is 2.22. The van der Waals surface area contributed by atoms with Crippen LogP contribution in [0.2, 0.25) is 0 Å². The third-order valence-electron chi connectivity index (χ3n) is 3.46. The van der Waals surface area contributed by atoms with Gasteiger partial charge in [0.15, 0.2) is 0 Å². The Balaban J connectivity index is 3.07. The Morgan fingerprint density at radius 2 is 1.30 bits per heavy atom. The molecule has 1 amide bonds. The normalized spacial score (nSPS) is 11.7. The topological polar surface area (TPSA) is 56.8 Å². The van der Waals surface area contributed by atoms with Crippen LogP contribution in [0, 0.1) is 5.41 Å². The lowest BCUT2D eigenvalue weighted by molar-refractivity contribution is -0.121. The SMILES string of the molecule is CNC(=O)CCOCCOCCOCCCCCCC(C)(C)C. The van der Waals surface area contributed by atoms with Gasteiger partial charge in [0.2, 0.25) is 5.91 Å². The molecule has 0 aromatic rings. The van der Waals surface area contributed by atoms with Crippen molar-refractivity contribution in [1.82, 2.24) is 5.32 Å². The molecule has 0 bridgehead atoms. The van der Waals surface area contributed by atoms with Crippen LogP contribution < -0.4 is 5.32 Å². The summed E-state index contributed by atoms with van der Waals surface area (Å²) in [6.45, 7) is 10.4. The van der Waals surface area contributed by atoms with Crippen LogP contribution in [0.15, 0.2) is 0 Å². The highest BCUT2D eigenvalue weighted by molar-refractivity contribution is 5.75. The molecule has 5 heteroatoms. The Labute approximate surface area is 142 Å². The first-order chi connectivity index (χ1) is 11.0. The van der Waals surface area contributed by atoms with E-state index in [-0.39, 0.29) is 5.91 Å². The molecule has 0 aliphatic carbocycles. The maximum Gasteiger partial charge on any atom is 0.222 e. The van der Waals surface area contributed by atoms with E-state index in [2.05, 4.69) is 26.1 Å². The fourth-order valence-corrected chi connectivity index (χ4v) is 2.04. The van der Waals surface area contributed by atoms with Crippen LogP contribution in [-0.2, 0) is 19.0 Å². The fourth-order valence-electron chi connectivity index (χ4n) is 2.04. The predicted octanol–water partition coefficient (Wildman–Crippen LogP) is 3.17. The van der Waals surface area contributed by atoms with E-state index in [4.69, 9.17) is 14.2 Å². The molecule has 0 rings (SSSR count). The molecule has 0 aliphatic rings. The zero-order valence-electron chi connectivity index (χ0n) is 15.6. The average molecular weight is 331 g/mol. The molecular weight excluding hydrogens is 294 g/mol. The largest absolute Gasteiger partial charge is 0.379 e. The summed E-state index contributed by atoms with van der Waals surface area (Å²) < 4.78 is 16.2. The smallest absolute Gasteiger partial charge is 0.222 e. The van der Waals surface area contributed by atoms with E-state index in [0.29, 0.717) is 44.9 Å². The molecule has 0 saturated heterocycles. The van der Waals surface area contributed by atoms with Crippen LogP contribution >= 0.6 is 0 Å². The number of amides is 1. The third kappa shape index (κ3) is 19.3. The summed E-state index contributed by atoms with van der Waals surface area (Å²) in [6, 6.07) is 0. The molecule has 138 valence electrons. The quantitative estimate of drug-likeness (QED) is 0.468. The van der Waals surface area contributed by atoms with Gasteiger partial charge in [0.1, 0.15) is 0 Å². The molecule has 0 fully saturated rings. The molecule has 0 aliphatic heterocycles. The first kappa shape index (κ1) is 22.4. The number of carbonyl (C=O) groups is 1. The second kappa shape index (κ2) is 14.9. The summed E-state index contributed by atoms with van der Waals surface area (Å²) in [7, 11) is 1.62. The zero-order valence-corrected chi connectivity index (χ0v) is 15.6. The molecule has 1 N–H and O–H groups in total. The highest BCUT2D eigenvalue weighted by Gasteiger charge is 2.08. The predicted molar refractivity (Wildman–Crippen MR) is 93.7 cm³/mol. The molecule has 0 spiro atoms. The Morgan fingerprint density at radius 3 is 1.87 bits per heavy atom. The summed E-state index contributed by atoms with van der Waals surface area (Å²) in [5, 5.41) is 2.55. The first-order valence-electron chi connectivity index (χ1n) is 8.89. The van der Waals surface area contributed by atoms with Gasteiger partial charge in [0.05, 0.1) is 33.0 Å². The van der Waals surface area contributed by atoms with Crippen LogP contribution in [0.3, 0.4) is 0 Å². The summed E-state index contributed by atoms with van der Waals surface area (Å²) in [5.74, 6) is -0.00211. The molecule has 0 aromatic heterocycles. The van der Waals surface area contributed by atoms with Gasteiger partial charge in [0.25, 0.3) is 0 Å². The fraction of sp³-hybridized carbons (Fsp3) is 0.944. The van der Waals surface area contributed by atoms with Gasteiger partial charge in [-0.25, -0.2) is 0 Å². The monoisotopic (exact) mass is 331 g/mol. The molecule has 5 nitrogen and oxygen atoms in total. The van der Waals surface area contributed by atoms with Gasteiger partial charge in [-0.2, -0.15) is 0 Å². The third-order valence-corrected chi connectivity index (χ3v) is 3.46. The standard InChI is InChI=1S/C18H37NO4/c1-18(2,3)10-7-5-6-8-11-21-13-15-23-16-14-22-12-9-17(20)19-4/h5-16H2,1-4H3,(H,19,20). The van der Waals surface area contributed by atoms with Gasteiger partial charge in [-0.15, -0.1) is 0 Å². The van der Waals surface area contributed by atoms with Crippen molar-refractivity contribution in [1.29, 1.82) is 0 Å². The van der Waals surface area contributed by atoms with Crippen molar-refractivity contribution >= 4 is 5.91 Å². The Bertz CT molecular complexity index is 277. The number of rotatable bonds is 15. The second-order valence-corrected chi connectivity index (χ2v) is 6.99. The molecule has 0 radical (unpaired) electrons. The van der Waals surface area contributed by atoms with E-state index in [1.54, 1.807) is 7.05 Å². The highest BCUT2D eigenvalue weighted by atomic mass is 16.5. The van der Waals surface area contributed by atoms with Crippen molar-refractivity contribution < 1.29 is 19.0 Å². The number of carbonyl (C=O) groups excluding carboxylic acids is 1. The molecular formula is C18H37NO4. The van der Waals surface area contributed by atoms with Crippen LogP contribution in [0.4, 0.5) is 0 Å². The van der Waals surface area contributed by atoms with E-state index >= 15 is 0 Å².